The Balaban J connectivity index is 2.10. The molecule has 0 saturated carbocycles. The molecule has 6 nitrogen and oxygen atoms in total. The summed E-state index contributed by atoms with van der Waals surface area (Å²) in [4.78, 5) is 8.42. The van der Waals surface area contributed by atoms with Crippen LogP contribution in [-0.2, 0) is 6.54 Å². The summed E-state index contributed by atoms with van der Waals surface area (Å²) in [6.45, 7) is 0.508. The summed E-state index contributed by atoms with van der Waals surface area (Å²) in [5.74, 6) is 1.86. The summed E-state index contributed by atoms with van der Waals surface area (Å²) in [7, 11) is 4.78. The highest BCUT2D eigenvalue weighted by atomic mass is 16.5. The van der Waals surface area contributed by atoms with Crippen molar-refractivity contribution in [3.63, 3.8) is 0 Å². The van der Waals surface area contributed by atoms with Crippen LogP contribution in [0.4, 0.5) is 5.69 Å². The fourth-order valence-corrected chi connectivity index (χ4v) is 1.77. The van der Waals surface area contributed by atoms with E-state index >= 15 is 0 Å². The molecule has 2 heterocycles. The normalized spacial score (nSPS) is 9.95. The molecule has 0 fully saturated rings. The molecule has 0 bridgehead atoms. The van der Waals surface area contributed by atoms with Crippen LogP contribution >= 0.6 is 0 Å². The monoisotopic (exact) mass is 275 g/mol. The van der Waals surface area contributed by atoms with Gasteiger partial charge in [-0.3, -0.25) is 4.98 Å². The molecular weight excluding hydrogens is 258 g/mol. The average Bonchev–Trinajstić information content (AvgIpc) is 2.52. The van der Waals surface area contributed by atoms with Crippen molar-refractivity contribution >= 4 is 5.69 Å². The van der Waals surface area contributed by atoms with Crippen molar-refractivity contribution in [1.82, 2.24) is 9.97 Å². The number of pyridine rings is 2. The molecule has 2 aromatic rings. The molecule has 0 atom stereocenters. The number of aromatic nitrogens is 2. The highest BCUT2D eigenvalue weighted by Gasteiger charge is 2.10. The molecule has 2 aromatic heterocycles. The predicted molar refractivity (Wildman–Crippen MR) is 75.5 cm³/mol. The number of methoxy groups -OCH3 is 3. The van der Waals surface area contributed by atoms with E-state index in [2.05, 4.69) is 15.3 Å². The van der Waals surface area contributed by atoms with Crippen LogP contribution < -0.4 is 19.5 Å². The third kappa shape index (κ3) is 3.09. The maximum Gasteiger partial charge on any atom is 0.213 e. The molecule has 0 aliphatic heterocycles. The van der Waals surface area contributed by atoms with Crippen molar-refractivity contribution in [2.24, 2.45) is 0 Å². The fourth-order valence-electron chi connectivity index (χ4n) is 1.77. The van der Waals surface area contributed by atoms with Crippen LogP contribution in [0.5, 0.6) is 17.4 Å². The molecule has 0 saturated heterocycles. The molecule has 0 aromatic carbocycles. The molecular formula is C14H17N3O3. The van der Waals surface area contributed by atoms with E-state index in [1.807, 2.05) is 6.07 Å². The lowest BCUT2D eigenvalue weighted by Gasteiger charge is -2.12. The summed E-state index contributed by atoms with van der Waals surface area (Å²) in [6, 6.07) is 5.44. The van der Waals surface area contributed by atoms with Crippen molar-refractivity contribution in [3.8, 4) is 17.4 Å². The fraction of sp³-hybridized carbons (Fsp3) is 0.286. The van der Waals surface area contributed by atoms with E-state index < -0.39 is 0 Å². The molecule has 0 aliphatic rings. The second-order valence-electron chi connectivity index (χ2n) is 3.94. The van der Waals surface area contributed by atoms with E-state index in [4.69, 9.17) is 14.2 Å². The van der Waals surface area contributed by atoms with Crippen molar-refractivity contribution < 1.29 is 14.2 Å². The number of hydrogen-bond donors (Lipinski definition) is 1. The van der Waals surface area contributed by atoms with Crippen LogP contribution in [0.25, 0.3) is 0 Å². The van der Waals surface area contributed by atoms with Crippen LogP contribution in [-0.4, -0.2) is 31.3 Å². The Labute approximate surface area is 117 Å². The van der Waals surface area contributed by atoms with E-state index in [1.54, 1.807) is 45.9 Å². The maximum absolute atomic E-state index is 5.33. The van der Waals surface area contributed by atoms with Gasteiger partial charge in [0.05, 0.1) is 39.8 Å². The van der Waals surface area contributed by atoms with Gasteiger partial charge in [0.1, 0.15) is 5.69 Å². The minimum Gasteiger partial charge on any atom is -0.493 e. The van der Waals surface area contributed by atoms with Crippen LogP contribution in [0.3, 0.4) is 0 Å². The predicted octanol–water partition coefficient (Wildman–Crippen LogP) is 2.11. The standard InChI is InChI=1S/C14H17N3O3/c1-18-12-6-7-15-11(14(12)20-3)9-16-10-4-5-13(19-2)17-8-10/h4-8,16H,9H2,1-3H3. The van der Waals surface area contributed by atoms with Crippen LogP contribution in [0.1, 0.15) is 5.69 Å². The SMILES string of the molecule is COc1ccc(NCc2nccc(OC)c2OC)cn1. The first-order valence-corrected chi connectivity index (χ1v) is 6.08. The minimum absolute atomic E-state index is 0.508. The van der Waals surface area contributed by atoms with E-state index in [9.17, 15) is 0 Å². The summed E-state index contributed by atoms with van der Waals surface area (Å²) in [6.07, 6.45) is 3.39. The Morgan fingerprint density at radius 2 is 1.85 bits per heavy atom. The van der Waals surface area contributed by atoms with E-state index in [-0.39, 0.29) is 0 Å². The van der Waals surface area contributed by atoms with Gasteiger partial charge in [0.15, 0.2) is 11.5 Å². The molecule has 2 rings (SSSR count). The topological polar surface area (TPSA) is 65.5 Å². The summed E-state index contributed by atoms with van der Waals surface area (Å²) < 4.78 is 15.6. The van der Waals surface area contributed by atoms with Gasteiger partial charge in [-0.2, -0.15) is 0 Å². The van der Waals surface area contributed by atoms with Gasteiger partial charge in [0, 0.05) is 18.3 Å². The molecule has 106 valence electrons. The van der Waals surface area contributed by atoms with Gasteiger partial charge in [-0.05, 0) is 6.07 Å². The molecule has 6 heteroatoms. The molecule has 1 N–H and O–H groups in total. The highest BCUT2D eigenvalue weighted by Crippen LogP contribution is 2.29. The zero-order valence-electron chi connectivity index (χ0n) is 11.7. The third-order valence-electron chi connectivity index (χ3n) is 2.77. The summed E-state index contributed by atoms with van der Waals surface area (Å²) >= 11 is 0. The van der Waals surface area contributed by atoms with Crippen molar-refractivity contribution in [2.75, 3.05) is 26.6 Å². The number of rotatable bonds is 6. The number of nitrogens with one attached hydrogen (secondary N) is 1. The first-order valence-electron chi connectivity index (χ1n) is 6.08. The summed E-state index contributed by atoms with van der Waals surface area (Å²) in [5, 5.41) is 3.22. The lowest BCUT2D eigenvalue weighted by Crippen LogP contribution is -2.05. The lowest BCUT2D eigenvalue weighted by molar-refractivity contribution is 0.350. The Kier molecular flexibility index (Phi) is 4.60. The minimum atomic E-state index is 0.508. The Bertz CT molecular complexity index is 558. The highest BCUT2D eigenvalue weighted by molar-refractivity contribution is 5.46. The van der Waals surface area contributed by atoms with Crippen LogP contribution in [0, 0.1) is 0 Å². The van der Waals surface area contributed by atoms with Gasteiger partial charge in [-0.15, -0.1) is 0 Å². The van der Waals surface area contributed by atoms with Crippen molar-refractivity contribution in [1.29, 1.82) is 0 Å². The largest absolute Gasteiger partial charge is 0.493 e. The van der Waals surface area contributed by atoms with Crippen LogP contribution in [0.15, 0.2) is 30.6 Å². The molecule has 0 spiro atoms. The maximum atomic E-state index is 5.33. The number of nitrogens with zero attached hydrogens (tertiary/aromatic N) is 2. The third-order valence-corrected chi connectivity index (χ3v) is 2.77. The first kappa shape index (κ1) is 13.9. The van der Waals surface area contributed by atoms with Crippen molar-refractivity contribution in [3.05, 3.63) is 36.3 Å². The quantitative estimate of drug-likeness (QED) is 0.871. The molecule has 0 radical (unpaired) electrons. The van der Waals surface area contributed by atoms with E-state index in [0.29, 0.717) is 23.9 Å². The average molecular weight is 275 g/mol. The molecule has 20 heavy (non-hydrogen) atoms. The van der Waals surface area contributed by atoms with E-state index in [0.717, 1.165) is 11.4 Å². The number of anilines is 1. The Hall–Kier alpha value is -2.50. The molecule has 0 amide bonds. The number of hydrogen-bond acceptors (Lipinski definition) is 6. The molecule has 0 unspecified atom stereocenters. The van der Waals surface area contributed by atoms with Gasteiger partial charge < -0.3 is 19.5 Å². The Morgan fingerprint density at radius 1 is 1.00 bits per heavy atom. The van der Waals surface area contributed by atoms with Gasteiger partial charge in [-0.25, -0.2) is 4.98 Å². The van der Waals surface area contributed by atoms with Crippen molar-refractivity contribution in [2.45, 2.75) is 6.54 Å². The second-order valence-corrected chi connectivity index (χ2v) is 3.94. The van der Waals surface area contributed by atoms with Gasteiger partial charge >= 0.3 is 0 Å². The Morgan fingerprint density at radius 3 is 2.45 bits per heavy atom. The van der Waals surface area contributed by atoms with Gasteiger partial charge in [0.2, 0.25) is 5.88 Å². The lowest BCUT2D eigenvalue weighted by atomic mass is 10.3. The van der Waals surface area contributed by atoms with E-state index in [1.165, 1.54) is 0 Å². The molecule has 0 aliphatic carbocycles. The van der Waals surface area contributed by atoms with Gasteiger partial charge in [-0.1, -0.05) is 0 Å². The second kappa shape index (κ2) is 6.60. The van der Waals surface area contributed by atoms with Crippen LogP contribution in [0.2, 0.25) is 0 Å². The smallest absolute Gasteiger partial charge is 0.213 e. The van der Waals surface area contributed by atoms with Gasteiger partial charge in [0.25, 0.3) is 0 Å². The summed E-state index contributed by atoms with van der Waals surface area (Å²) in [5.41, 5.74) is 1.64. The number of ether oxygens (including phenoxy) is 3. The first-order chi connectivity index (χ1) is 9.78. The zero-order chi connectivity index (χ0) is 14.4. The zero-order valence-corrected chi connectivity index (χ0v) is 11.7.